The number of benzene rings is 1. The number of hydrogen-bond acceptors (Lipinski definition) is 1. The second-order valence-corrected chi connectivity index (χ2v) is 5.56. The maximum absolute atomic E-state index is 6.15. The van der Waals surface area contributed by atoms with Crippen LogP contribution >= 0.6 is 11.6 Å². The molecular formula is C13H18ClN. The summed E-state index contributed by atoms with van der Waals surface area (Å²) in [5, 5.41) is 4.47. The van der Waals surface area contributed by atoms with E-state index in [2.05, 4.69) is 32.2 Å². The normalized spacial score (nSPS) is 24.9. The van der Waals surface area contributed by atoms with Crippen molar-refractivity contribution in [1.82, 2.24) is 5.32 Å². The van der Waals surface area contributed by atoms with Gasteiger partial charge in [-0.05, 0) is 30.4 Å². The third-order valence-corrected chi connectivity index (χ3v) is 3.68. The molecule has 0 aliphatic heterocycles. The Morgan fingerprint density at radius 2 is 2.00 bits per heavy atom. The van der Waals surface area contributed by atoms with E-state index in [1.54, 1.807) is 0 Å². The van der Waals surface area contributed by atoms with E-state index in [4.69, 9.17) is 11.6 Å². The van der Waals surface area contributed by atoms with Crippen LogP contribution in [0.2, 0.25) is 5.02 Å². The fourth-order valence-electron chi connectivity index (χ4n) is 1.97. The minimum atomic E-state index is 0.338. The lowest BCUT2D eigenvalue weighted by molar-refractivity contribution is 0.492. The van der Waals surface area contributed by atoms with Crippen LogP contribution in [0.3, 0.4) is 0 Å². The van der Waals surface area contributed by atoms with Gasteiger partial charge in [-0.3, -0.25) is 0 Å². The van der Waals surface area contributed by atoms with E-state index in [0.717, 1.165) is 5.02 Å². The molecular weight excluding hydrogens is 206 g/mol. The van der Waals surface area contributed by atoms with Crippen LogP contribution in [0.5, 0.6) is 0 Å². The Hall–Kier alpha value is -0.530. The molecule has 1 fully saturated rings. The summed E-state index contributed by atoms with van der Waals surface area (Å²) >= 11 is 6.15. The summed E-state index contributed by atoms with van der Waals surface area (Å²) in [5.74, 6) is 0. The average Bonchev–Trinajstić information content (AvgIpc) is 2.74. The lowest BCUT2D eigenvalue weighted by Crippen LogP contribution is -2.24. The van der Waals surface area contributed by atoms with Gasteiger partial charge in [0.1, 0.15) is 0 Å². The van der Waals surface area contributed by atoms with Crippen LogP contribution in [-0.4, -0.2) is 6.04 Å². The molecule has 1 N–H and O–H groups in total. The van der Waals surface area contributed by atoms with Gasteiger partial charge in [-0.25, -0.2) is 0 Å². The SMILES string of the molecule is CC(NC1CC1(C)C)c1ccccc1Cl. The molecule has 0 saturated heterocycles. The van der Waals surface area contributed by atoms with Crippen LogP contribution < -0.4 is 5.32 Å². The highest BCUT2D eigenvalue weighted by molar-refractivity contribution is 6.31. The molecule has 1 nitrogen and oxygen atoms in total. The lowest BCUT2D eigenvalue weighted by atomic mass is 10.1. The molecule has 1 aromatic rings. The Labute approximate surface area is 96.8 Å². The number of nitrogens with one attached hydrogen (secondary N) is 1. The van der Waals surface area contributed by atoms with Crippen molar-refractivity contribution >= 4 is 11.6 Å². The topological polar surface area (TPSA) is 12.0 Å². The average molecular weight is 224 g/mol. The number of halogens is 1. The summed E-state index contributed by atoms with van der Waals surface area (Å²) in [6, 6.07) is 9.04. The zero-order valence-electron chi connectivity index (χ0n) is 9.55. The first kappa shape index (κ1) is 11.0. The molecule has 1 saturated carbocycles. The van der Waals surface area contributed by atoms with E-state index < -0.39 is 0 Å². The molecule has 0 radical (unpaired) electrons. The van der Waals surface area contributed by atoms with Gasteiger partial charge in [0.2, 0.25) is 0 Å². The summed E-state index contributed by atoms with van der Waals surface area (Å²) in [5.41, 5.74) is 1.66. The second-order valence-electron chi connectivity index (χ2n) is 5.16. The maximum Gasteiger partial charge on any atom is 0.0453 e. The van der Waals surface area contributed by atoms with Crippen LogP contribution in [-0.2, 0) is 0 Å². The Morgan fingerprint density at radius 3 is 2.53 bits per heavy atom. The van der Waals surface area contributed by atoms with Gasteiger partial charge in [0, 0.05) is 17.1 Å². The fraction of sp³-hybridized carbons (Fsp3) is 0.538. The van der Waals surface area contributed by atoms with Gasteiger partial charge in [-0.15, -0.1) is 0 Å². The second kappa shape index (κ2) is 3.80. The minimum absolute atomic E-state index is 0.338. The smallest absolute Gasteiger partial charge is 0.0453 e. The van der Waals surface area contributed by atoms with E-state index in [9.17, 15) is 0 Å². The third-order valence-electron chi connectivity index (χ3n) is 3.34. The molecule has 1 aliphatic rings. The number of hydrogen-bond donors (Lipinski definition) is 1. The zero-order valence-corrected chi connectivity index (χ0v) is 10.3. The molecule has 0 spiro atoms. The molecule has 2 heteroatoms. The Morgan fingerprint density at radius 1 is 1.40 bits per heavy atom. The van der Waals surface area contributed by atoms with Gasteiger partial charge in [0.05, 0.1) is 0 Å². The molecule has 0 amide bonds. The molecule has 1 aromatic carbocycles. The third kappa shape index (κ3) is 2.35. The Bertz CT molecular complexity index is 359. The van der Waals surface area contributed by atoms with Crippen molar-refractivity contribution in [3.63, 3.8) is 0 Å². The first-order valence-electron chi connectivity index (χ1n) is 5.51. The number of rotatable bonds is 3. The van der Waals surface area contributed by atoms with Crippen LogP contribution in [0.4, 0.5) is 0 Å². The highest BCUT2D eigenvalue weighted by Gasteiger charge is 2.45. The monoisotopic (exact) mass is 223 g/mol. The van der Waals surface area contributed by atoms with Crippen molar-refractivity contribution in [1.29, 1.82) is 0 Å². The molecule has 2 rings (SSSR count). The first-order chi connectivity index (χ1) is 7.00. The van der Waals surface area contributed by atoms with E-state index >= 15 is 0 Å². The van der Waals surface area contributed by atoms with Gasteiger partial charge >= 0.3 is 0 Å². The Kier molecular flexibility index (Phi) is 2.78. The quantitative estimate of drug-likeness (QED) is 0.822. The highest BCUT2D eigenvalue weighted by atomic mass is 35.5. The zero-order chi connectivity index (χ0) is 11.1. The standard InChI is InChI=1S/C13H18ClN/c1-9(15-12-8-13(12,2)3)10-6-4-5-7-11(10)14/h4-7,9,12,15H,8H2,1-3H3. The van der Waals surface area contributed by atoms with Gasteiger partial charge in [0.15, 0.2) is 0 Å². The van der Waals surface area contributed by atoms with E-state index in [1.165, 1.54) is 12.0 Å². The summed E-state index contributed by atoms with van der Waals surface area (Å²) < 4.78 is 0. The van der Waals surface area contributed by atoms with Crippen LogP contribution in [0, 0.1) is 5.41 Å². The Balaban J connectivity index is 2.03. The van der Waals surface area contributed by atoms with Crippen molar-refractivity contribution < 1.29 is 0 Å². The fourth-order valence-corrected chi connectivity index (χ4v) is 2.27. The molecule has 2 unspecified atom stereocenters. The maximum atomic E-state index is 6.15. The van der Waals surface area contributed by atoms with Crippen LogP contribution in [0.15, 0.2) is 24.3 Å². The molecule has 1 aliphatic carbocycles. The van der Waals surface area contributed by atoms with Crippen molar-refractivity contribution in [3.05, 3.63) is 34.9 Å². The first-order valence-corrected chi connectivity index (χ1v) is 5.89. The summed E-state index contributed by atoms with van der Waals surface area (Å²) in [6.07, 6.45) is 1.27. The predicted molar refractivity (Wildman–Crippen MR) is 65.2 cm³/mol. The largest absolute Gasteiger partial charge is 0.307 e. The molecule has 0 heterocycles. The van der Waals surface area contributed by atoms with Gasteiger partial charge in [-0.2, -0.15) is 0 Å². The van der Waals surface area contributed by atoms with Crippen molar-refractivity contribution in [2.45, 2.75) is 39.3 Å². The summed E-state index contributed by atoms with van der Waals surface area (Å²) in [6.45, 7) is 6.77. The van der Waals surface area contributed by atoms with Crippen LogP contribution in [0.1, 0.15) is 38.8 Å². The molecule has 2 atom stereocenters. The molecule has 0 aromatic heterocycles. The van der Waals surface area contributed by atoms with Crippen molar-refractivity contribution in [3.8, 4) is 0 Å². The van der Waals surface area contributed by atoms with E-state index in [0.29, 0.717) is 17.5 Å². The molecule has 82 valence electrons. The summed E-state index contributed by atoms with van der Waals surface area (Å²) in [7, 11) is 0. The van der Waals surface area contributed by atoms with Crippen molar-refractivity contribution in [2.24, 2.45) is 5.41 Å². The van der Waals surface area contributed by atoms with Gasteiger partial charge in [-0.1, -0.05) is 43.6 Å². The van der Waals surface area contributed by atoms with Crippen LogP contribution in [0.25, 0.3) is 0 Å². The molecule has 15 heavy (non-hydrogen) atoms. The summed E-state index contributed by atoms with van der Waals surface area (Å²) in [4.78, 5) is 0. The lowest BCUT2D eigenvalue weighted by Gasteiger charge is -2.16. The van der Waals surface area contributed by atoms with Gasteiger partial charge < -0.3 is 5.32 Å². The minimum Gasteiger partial charge on any atom is -0.307 e. The highest BCUT2D eigenvalue weighted by Crippen LogP contribution is 2.45. The van der Waals surface area contributed by atoms with E-state index in [-0.39, 0.29) is 0 Å². The molecule has 0 bridgehead atoms. The van der Waals surface area contributed by atoms with E-state index in [1.807, 2.05) is 18.2 Å². The van der Waals surface area contributed by atoms with Crippen molar-refractivity contribution in [2.75, 3.05) is 0 Å². The van der Waals surface area contributed by atoms with Gasteiger partial charge in [0.25, 0.3) is 0 Å². The predicted octanol–water partition coefficient (Wildman–Crippen LogP) is 3.79.